The second-order valence-electron chi connectivity index (χ2n) is 7.52. The van der Waals surface area contributed by atoms with Crippen LogP contribution in [0, 0.1) is 11.7 Å². The molecule has 2 atom stereocenters. The fourth-order valence-electron chi connectivity index (χ4n) is 3.57. The second-order valence-corrected chi connectivity index (χ2v) is 7.96. The zero-order valence-corrected chi connectivity index (χ0v) is 18.4. The molecule has 3 aromatic carbocycles. The largest absolute Gasteiger partial charge is 0.494 e. The van der Waals surface area contributed by atoms with Crippen LogP contribution in [0.4, 0.5) is 10.1 Å². The third-order valence-electron chi connectivity index (χ3n) is 5.37. The molecular formula is C26H21ClFNO4. The summed E-state index contributed by atoms with van der Waals surface area (Å²) in [5.74, 6) is -1.26. The second kappa shape index (κ2) is 9.88. The van der Waals surface area contributed by atoms with Gasteiger partial charge in [0.15, 0.2) is 6.23 Å². The summed E-state index contributed by atoms with van der Waals surface area (Å²) < 4.78 is 24.4. The summed E-state index contributed by atoms with van der Waals surface area (Å²) in [6.45, 7) is 4.05. The van der Waals surface area contributed by atoms with E-state index in [2.05, 4.69) is 6.58 Å². The highest BCUT2D eigenvalue weighted by molar-refractivity contribution is 6.30. The van der Waals surface area contributed by atoms with E-state index < -0.39 is 18.1 Å². The number of anilines is 1. The molecule has 0 spiro atoms. The van der Waals surface area contributed by atoms with E-state index in [0.29, 0.717) is 28.4 Å². The molecule has 0 saturated carbocycles. The lowest BCUT2D eigenvalue weighted by Crippen LogP contribution is -2.63. The Balaban J connectivity index is 1.47. The van der Waals surface area contributed by atoms with E-state index in [-0.39, 0.29) is 23.9 Å². The number of nitrogens with zero attached hydrogens (tertiary/aromatic N) is 1. The Morgan fingerprint density at radius 3 is 2.33 bits per heavy atom. The topological polar surface area (TPSA) is 55.8 Å². The van der Waals surface area contributed by atoms with Crippen LogP contribution < -0.4 is 9.64 Å². The lowest BCUT2D eigenvalue weighted by Gasteiger charge is -2.45. The zero-order chi connectivity index (χ0) is 23.4. The van der Waals surface area contributed by atoms with Crippen LogP contribution in [0.3, 0.4) is 0 Å². The molecule has 0 aromatic heterocycles. The van der Waals surface area contributed by atoms with E-state index in [1.807, 2.05) is 6.07 Å². The Hall–Kier alpha value is -3.64. The van der Waals surface area contributed by atoms with Crippen molar-refractivity contribution >= 4 is 34.7 Å². The molecule has 1 amide bonds. The number of ether oxygens (including phenoxy) is 2. The molecule has 5 nitrogen and oxygen atoms in total. The molecule has 33 heavy (non-hydrogen) atoms. The monoisotopic (exact) mass is 465 g/mol. The lowest BCUT2D eigenvalue weighted by molar-refractivity contribution is -0.158. The van der Waals surface area contributed by atoms with E-state index in [0.717, 1.165) is 0 Å². The molecule has 0 radical (unpaired) electrons. The third-order valence-corrected chi connectivity index (χ3v) is 5.62. The number of hydrogen-bond acceptors (Lipinski definition) is 4. The van der Waals surface area contributed by atoms with Crippen molar-refractivity contribution in [3.8, 4) is 5.75 Å². The van der Waals surface area contributed by atoms with Gasteiger partial charge < -0.3 is 9.47 Å². The molecule has 1 heterocycles. The molecule has 0 N–H and O–H groups in total. The number of hydrogen-bond donors (Lipinski definition) is 0. The first-order chi connectivity index (χ1) is 15.9. The molecule has 0 aliphatic carbocycles. The van der Waals surface area contributed by atoms with Crippen LogP contribution >= 0.6 is 11.6 Å². The SMILES string of the molecule is C=C(C(=O)OC1C(CCOc2ccc(F)cc2)C(=O)N1c1ccc(Cl)cc1)c1ccccc1. The number of esters is 1. The van der Waals surface area contributed by atoms with Crippen LogP contribution in [-0.2, 0) is 14.3 Å². The van der Waals surface area contributed by atoms with Crippen LogP contribution in [0.5, 0.6) is 5.75 Å². The van der Waals surface area contributed by atoms with Crippen molar-refractivity contribution in [3.63, 3.8) is 0 Å². The summed E-state index contributed by atoms with van der Waals surface area (Å²) in [6.07, 6.45) is -0.501. The fourth-order valence-corrected chi connectivity index (χ4v) is 3.70. The summed E-state index contributed by atoms with van der Waals surface area (Å²) in [5, 5.41) is 0.530. The summed E-state index contributed by atoms with van der Waals surface area (Å²) in [6, 6.07) is 21.3. The predicted molar refractivity (Wildman–Crippen MR) is 124 cm³/mol. The van der Waals surface area contributed by atoms with Crippen molar-refractivity contribution in [2.24, 2.45) is 5.92 Å². The van der Waals surface area contributed by atoms with Gasteiger partial charge in [0.25, 0.3) is 0 Å². The minimum absolute atomic E-state index is 0.192. The van der Waals surface area contributed by atoms with Gasteiger partial charge in [0.05, 0.1) is 18.1 Å². The summed E-state index contributed by atoms with van der Waals surface area (Å²) in [7, 11) is 0. The van der Waals surface area contributed by atoms with Gasteiger partial charge in [0.1, 0.15) is 11.6 Å². The van der Waals surface area contributed by atoms with E-state index >= 15 is 0 Å². The van der Waals surface area contributed by atoms with E-state index in [1.54, 1.807) is 48.5 Å². The normalized spacial score (nSPS) is 17.3. The van der Waals surface area contributed by atoms with Crippen LogP contribution in [0.2, 0.25) is 5.02 Å². The van der Waals surface area contributed by atoms with Gasteiger partial charge in [-0.15, -0.1) is 0 Å². The highest BCUT2D eigenvalue weighted by Gasteiger charge is 2.50. The molecule has 4 rings (SSSR count). The van der Waals surface area contributed by atoms with E-state index in [4.69, 9.17) is 21.1 Å². The number of β-lactam (4-membered cyclic amide) rings is 1. The Morgan fingerprint density at radius 1 is 1.00 bits per heavy atom. The van der Waals surface area contributed by atoms with Crippen molar-refractivity contribution in [2.75, 3.05) is 11.5 Å². The predicted octanol–water partition coefficient (Wildman–Crippen LogP) is 5.49. The highest BCUT2D eigenvalue weighted by Crippen LogP contribution is 2.37. The standard InChI is InChI=1S/C26H21ClFNO4/c1-17(18-5-3-2-4-6-18)26(31)33-25-23(15-16-32-22-13-9-20(28)10-14-22)24(30)29(25)21-11-7-19(27)8-12-21/h2-14,23,25H,1,15-16H2. The first-order valence-electron chi connectivity index (χ1n) is 10.4. The van der Waals surface area contributed by atoms with Crippen LogP contribution in [0.15, 0.2) is 85.4 Å². The Kier molecular flexibility index (Phi) is 6.75. The molecular weight excluding hydrogens is 445 g/mol. The number of amides is 1. The molecule has 2 unspecified atom stereocenters. The van der Waals surface area contributed by atoms with Gasteiger partial charge in [-0.1, -0.05) is 48.5 Å². The maximum absolute atomic E-state index is 13.1. The molecule has 0 bridgehead atoms. The van der Waals surface area contributed by atoms with Gasteiger partial charge in [0, 0.05) is 10.7 Å². The number of halogens is 2. The lowest BCUT2D eigenvalue weighted by atomic mass is 9.91. The Bertz CT molecular complexity index is 1150. The minimum Gasteiger partial charge on any atom is -0.494 e. The van der Waals surface area contributed by atoms with Gasteiger partial charge in [-0.3, -0.25) is 9.69 Å². The summed E-state index contributed by atoms with van der Waals surface area (Å²) in [5.41, 5.74) is 1.41. The van der Waals surface area contributed by atoms with Crippen molar-refractivity contribution in [2.45, 2.75) is 12.6 Å². The number of rotatable bonds is 8. The molecule has 7 heteroatoms. The van der Waals surface area contributed by atoms with Gasteiger partial charge in [-0.2, -0.15) is 0 Å². The van der Waals surface area contributed by atoms with E-state index in [9.17, 15) is 14.0 Å². The van der Waals surface area contributed by atoms with Crippen molar-refractivity contribution in [1.29, 1.82) is 0 Å². The van der Waals surface area contributed by atoms with Crippen LogP contribution in [0.1, 0.15) is 12.0 Å². The van der Waals surface area contributed by atoms with E-state index in [1.165, 1.54) is 29.2 Å². The van der Waals surface area contributed by atoms with Crippen LogP contribution in [-0.4, -0.2) is 24.7 Å². The van der Waals surface area contributed by atoms with Gasteiger partial charge >= 0.3 is 5.97 Å². The van der Waals surface area contributed by atoms with Crippen molar-refractivity contribution in [3.05, 3.63) is 102 Å². The minimum atomic E-state index is -0.816. The van der Waals surface area contributed by atoms with Gasteiger partial charge in [-0.05, 0) is 60.5 Å². The third kappa shape index (κ3) is 5.07. The maximum Gasteiger partial charge on any atom is 0.340 e. The first-order valence-corrected chi connectivity index (χ1v) is 10.7. The molecule has 168 valence electrons. The molecule has 1 aliphatic rings. The summed E-state index contributed by atoms with van der Waals surface area (Å²) >= 11 is 5.97. The zero-order valence-electron chi connectivity index (χ0n) is 17.6. The Labute approximate surface area is 196 Å². The quantitative estimate of drug-likeness (QED) is 0.250. The summed E-state index contributed by atoms with van der Waals surface area (Å²) in [4.78, 5) is 27.2. The molecule has 1 saturated heterocycles. The van der Waals surface area contributed by atoms with Crippen LogP contribution in [0.25, 0.3) is 5.57 Å². The molecule has 1 aliphatic heterocycles. The van der Waals surface area contributed by atoms with Crippen molar-refractivity contribution in [1.82, 2.24) is 0 Å². The van der Waals surface area contributed by atoms with Crippen molar-refractivity contribution < 1.29 is 23.5 Å². The number of carbonyl (C=O) groups excluding carboxylic acids is 2. The average Bonchev–Trinajstić information content (AvgIpc) is 2.84. The van der Waals surface area contributed by atoms with Gasteiger partial charge in [-0.25, -0.2) is 9.18 Å². The average molecular weight is 466 g/mol. The maximum atomic E-state index is 13.1. The fraction of sp³-hybridized carbons (Fsp3) is 0.154. The van der Waals surface area contributed by atoms with Gasteiger partial charge in [0.2, 0.25) is 5.91 Å². The molecule has 1 fully saturated rings. The molecule has 3 aromatic rings. The number of carbonyl (C=O) groups is 2. The first kappa shape index (κ1) is 22.6. The number of benzene rings is 3. The smallest absolute Gasteiger partial charge is 0.340 e. The Morgan fingerprint density at radius 2 is 1.67 bits per heavy atom. The highest BCUT2D eigenvalue weighted by atomic mass is 35.5.